The Bertz CT molecular complexity index is 939. The number of allylic oxidation sites excluding steroid dienone is 2. The van der Waals surface area contributed by atoms with Crippen LogP contribution < -0.4 is 0 Å². The number of hydrogen-bond donors (Lipinski definition) is 1. The highest BCUT2D eigenvalue weighted by atomic mass is 16.5. The van der Waals surface area contributed by atoms with Crippen LogP contribution in [0.15, 0.2) is 21.8 Å². The van der Waals surface area contributed by atoms with Gasteiger partial charge in [-0.1, -0.05) is 0 Å². The second kappa shape index (κ2) is 8.04. The Morgan fingerprint density at radius 3 is 2.22 bits per heavy atom. The minimum Gasteiger partial charge on any atom is -0.462 e. The lowest BCUT2D eigenvalue weighted by Gasteiger charge is -2.06. The molecule has 1 N–H and O–H groups in total. The van der Waals surface area contributed by atoms with Gasteiger partial charge in [-0.05, 0) is 52.7 Å². The third-order valence-corrected chi connectivity index (χ3v) is 4.37. The number of rotatable bonds is 5. The van der Waals surface area contributed by atoms with Gasteiger partial charge in [0.1, 0.15) is 11.6 Å². The highest BCUT2D eigenvalue weighted by Crippen LogP contribution is 2.34. The van der Waals surface area contributed by atoms with Gasteiger partial charge in [-0.3, -0.25) is 4.99 Å². The molecule has 2 rings (SSSR count). The van der Waals surface area contributed by atoms with Crippen LogP contribution in [0.2, 0.25) is 0 Å². The first-order chi connectivity index (χ1) is 12.8. The van der Waals surface area contributed by atoms with Crippen molar-refractivity contribution in [2.24, 2.45) is 4.99 Å². The minimum atomic E-state index is -0.463. The predicted octanol–water partition coefficient (Wildman–Crippen LogP) is 3.40. The number of H-pyrrole nitrogens is 1. The molecule has 2 heterocycles. The number of carbonyl (C=O) groups excluding carboxylic acids is 2. The Kier molecular flexibility index (Phi) is 6.01. The normalized spacial score (nSPS) is 15.4. The fourth-order valence-corrected chi connectivity index (χ4v) is 3.18. The van der Waals surface area contributed by atoms with Crippen molar-refractivity contribution in [3.05, 3.63) is 39.4 Å². The lowest BCUT2D eigenvalue weighted by Crippen LogP contribution is -2.12. The van der Waals surface area contributed by atoms with Crippen LogP contribution in [0.25, 0.3) is 5.57 Å². The zero-order valence-corrected chi connectivity index (χ0v) is 16.4. The smallest absolute Gasteiger partial charge is 0.340 e. The van der Waals surface area contributed by atoms with Crippen molar-refractivity contribution in [1.29, 1.82) is 5.26 Å². The average molecular weight is 369 g/mol. The SMILES string of the molecule is CCOC(=O)C1=C(C)/C(=C(\C#N)c2[nH]c(C)c(C(=O)OCC)c2C)N=C1C. The molecule has 142 valence electrons. The maximum absolute atomic E-state index is 12.2. The van der Waals surface area contributed by atoms with E-state index in [9.17, 15) is 14.9 Å². The van der Waals surface area contributed by atoms with Gasteiger partial charge in [0.15, 0.2) is 0 Å². The first-order valence-corrected chi connectivity index (χ1v) is 8.73. The molecular formula is C20H23N3O4. The number of carbonyl (C=O) groups is 2. The number of nitriles is 1. The molecule has 1 aliphatic rings. The van der Waals surface area contributed by atoms with E-state index >= 15 is 0 Å². The molecule has 0 atom stereocenters. The summed E-state index contributed by atoms with van der Waals surface area (Å²) in [5, 5.41) is 9.79. The van der Waals surface area contributed by atoms with Gasteiger partial charge in [0.2, 0.25) is 0 Å². The number of hydrogen-bond acceptors (Lipinski definition) is 6. The van der Waals surface area contributed by atoms with E-state index in [1.807, 2.05) is 0 Å². The first-order valence-electron chi connectivity index (χ1n) is 8.73. The Morgan fingerprint density at radius 2 is 1.67 bits per heavy atom. The highest BCUT2D eigenvalue weighted by molar-refractivity contribution is 6.22. The largest absolute Gasteiger partial charge is 0.462 e. The maximum atomic E-state index is 12.2. The van der Waals surface area contributed by atoms with Crippen molar-refractivity contribution < 1.29 is 19.1 Å². The molecule has 7 nitrogen and oxygen atoms in total. The Balaban J connectivity index is 2.65. The number of ether oxygens (including phenoxy) is 2. The Labute approximate surface area is 158 Å². The number of esters is 2. The number of aryl methyl sites for hydroxylation is 1. The molecule has 0 saturated carbocycles. The van der Waals surface area contributed by atoms with E-state index in [4.69, 9.17) is 9.47 Å². The molecule has 0 fully saturated rings. The number of aromatic nitrogens is 1. The molecule has 7 heteroatoms. The van der Waals surface area contributed by atoms with Crippen molar-refractivity contribution in [3.63, 3.8) is 0 Å². The van der Waals surface area contributed by atoms with E-state index < -0.39 is 11.9 Å². The molecule has 0 aromatic carbocycles. The first kappa shape index (κ1) is 20.2. The summed E-state index contributed by atoms with van der Waals surface area (Å²) in [4.78, 5) is 32.0. The molecule has 0 amide bonds. The van der Waals surface area contributed by atoms with Gasteiger partial charge >= 0.3 is 11.9 Å². The van der Waals surface area contributed by atoms with Gasteiger partial charge in [0, 0.05) is 5.69 Å². The van der Waals surface area contributed by atoms with Gasteiger partial charge in [-0.25, -0.2) is 9.59 Å². The lowest BCUT2D eigenvalue weighted by atomic mass is 10.00. The van der Waals surface area contributed by atoms with Gasteiger partial charge < -0.3 is 14.5 Å². The fourth-order valence-electron chi connectivity index (χ4n) is 3.18. The van der Waals surface area contributed by atoms with Crippen molar-refractivity contribution in [1.82, 2.24) is 4.98 Å². The van der Waals surface area contributed by atoms with Crippen molar-refractivity contribution in [2.45, 2.75) is 41.5 Å². The number of nitrogens with zero attached hydrogens (tertiary/aromatic N) is 2. The van der Waals surface area contributed by atoms with Crippen molar-refractivity contribution in [2.75, 3.05) is 13.2 Å². The van der Waals surface area contributed by atoms with E-state index in [-0.39, 0.29) is 18.8 Å². The summed E-state index contributed by atoms with van der Waals surface area (Å²) >= 11 is 0. The summed E-state index contributed by atoms with van der Waals surface area (Å²) in [6.45, 7) is 10.9. The summed E-state index contributed by atoms with van der Waals surface area (Å²) < 4.78 is 10.2. The molecule has 27 heavy (non-hydrogen) atoms. The zero-order chi connectivity index (χ0) is 20.3. The van der Waals surface area contributed by atoms with Gasteiger partial charge in [0.25, 0.3) is 0 Å². The summed E-state index contributed by atoms with van der Waals surface area (Å²) in [5.41, 5.74) is 4.24. The van der Waals surface area contributed by atoms with E-state index in [0.717, 1.165) is 0 Å². The molecule has 1 aromatic rings. The van der Waals surface area contributed by atoms with Gasteiger partial charge in [-0.15, -0.1) is 0 Å². The van der Waals surface area contributed by atoms with Crippen LogP contribution in [0.5, 0.6) is 0 Å². The second-order valence-electron chi connectivity index (χ2n) is 6.10. The monoisotopic (exact) mass is 369 g/mol. The lowest BCUT2D eigenvalue weighted by molar-refractivity contribution is -0.137. The number of nitrogens with one attached hydrogen (secondary N) is 1. The molecule has 0 unspecified atom stereocenters. The summed E-state index contributed by atoms with van der Waals surface area (Å²) in [7, 11) is 0. The van der Waals surface area contributed by atoms with Gasteiger partial charge in [0.05, 0.1) is 41.5 Å². The van der Waals surface area contributed by atoms with Gasteiger partial charge in [-0.2, -0.15) is 5.26 Å². The van der Waals surface area contributed by atoms with Crippen LogP contribution in [-0.4, -0.2) is 35.8 Å². The number of aromatic amines is 1. The van der Waals surface area contributed by atoms with Crippen molar-refractivity contribution in [3.8, 4) is 6.07 Å². The summed E-state index contributed by atoms with van der Waals surface area (Å²) in [6.07, 6.45) is 0. The number of aliphatic imine (C=N–C) groups is 1. The fraction of sp³-hybridized carbons (Fsp3) is 0.400. The predicted molar refractivity (Wildman–Crippen MR) is 101 cm³/mol. The van der Waals surface area contributed by atoms with E-state index in [0.29, 0.717) is 45.1 Å². The van der Waals surface area contributed by atoms with Crippen LogP contribution in [0.3, 0.4) is 0 Å². The molecular weight excluding hydrogens is 346 g/mol. The highest BCUT2D eigenvalue weighted by Gasteiger charge is 2.29. The van der Waals surface area contributed by atoms with E-state index in [2.05, 4.69) is 16.0 Å². The molecule has 0 aliphatic carbocycles. The Hall–Kier alpha value is -3.14. The second-order valence-corrected chi connectivity index (χ2v) is 6.10. The minimum absolute atomic E-state index is 0.255. The topological polar surface area (TPSA) is 105 Å². The molecule has 0 spiro atoms. The zero-order valence-electron chi connectivity index (χ0n) is 16.4. The maximum Gasteiger partial charge on any atom is 0.340 e. The molecule has 1 aliphatic heterocycles. The van der Waals surface area contributed by atoms with Crippen LogP contribution in [0.4, 0.5) is 0 Å². The Morgan fingerprint density at radius 1 is 1.07 bits per heavy atom. The van der Waals surface area contributed by atoms with Crippen LogP contribution in [-0.2, 0) is 14.3 Å². The standard InChI is InChI=1S/C20H23N3O4/c1-7-26-19(24)15-10(3)17(22-12(15)5)14(9-21)18-11(4)16(13(6)23-18)20(25)27-8-2/h22H,7-8H2,1-6H3/b18-14-. The average Bonchev–Trinajstić information content (AvgIpc) is 3.05. The molecule has 1 aromatic heterocycles. The third kappa shape index (κ3) is 3.56. The van der Waals surface area contributed by atoms with Crippen LogP contribution in [0.1, 0.15) is 55.0 Å². The molecule has 0 radical (unpaired) electrons. The molecule has 0 bridgehead atoms. The quantitative estimate of drug-likeness (QED) is 0.633. The van der Waals surface area contributed by atoms with E-state index in [1.165, 1.54) is 0 Å². The summed E-state index contributed by atoms with van der Waals surface area (Å²) in [5.74, 6) is -0.905. The van der Waals surface area contributed by atoms with Crippen LogP contribution >= 0.6 is 0 Å². The van der Waals surface area contributed by atoms with E-state index in [1.54, 1.807) is 41.5 Å². The summed E-state index contributed by atoms with van der Waals surface area (Å²) in [6, 6.07) is 2.16. The molecule has 0 saturated heterocycles. The van der Waals surface area contributed by atoms with Crippen molar-refractivity contribution >= 4 is 23.2 Å². The van der Waals surface area contributed by atoms with Crippen LogP contribution in [0, 0.1) is 25.2 Å². The third-order valence-electron chi connectivity index (χ3n) is 4.37.